The first kappa shape index (κ1) is 15.1. The molecule has 0 spiro atoms. The molecule has 0 saturated carbocycles. The summed E-state index contributed by atoms with van der Waals surface area (Å²) in [5.41, 5.74) is 3.85. The number of likely N-dealkylation sites (tertiary alicyclic amines) is 1. The van der Waals surface area contributed by atoms with Crippen molar-refractivity contribution in [2.75, 3.05) is 6.54 Å². The number of hydrogen-bond acceptors (Lipinski definition) is 3. The fourth-order valence-corrected chi connectivity index (χ4v) is 3.66. The molecule has 1 fully saturated rings. The summed E-state index contributed by atoms with van der Waals surface area (Å²) in [5, 5.41) is 0. The first-order chi connectivity index (χ1) is 11.8. The molecule has 4 heteroatoms. The van der Waals surface area contributed by atoms with Gasteiger partial charge in [-0.05, 0) is 49.9 Å². The topological polar surface area (TPSA) is 46.1 Å². The molecule has 1 aliphatic rings. The summed E-state index contributed by atoms with van der Waals surface area (Å²) in [6.45, 7) is 3.00. The van der Waals surface area contributed by atoms with Crippen molar-refractivity contribution < 1.29 is 4.79 Å². The first-order valence-electron chi connectivity index (χ1n) is 8.74. The van der Waals surface area contributed by atoms with Crippen molar-refractivity contribution in [2.24, 2.45) is 0 Å². The molecule has 2 heterocycles. The second-order valence-electron chi connectivity index (χ2n) is 6.44. The Kier molecular flexibility index (Phi) is 3.89. The molecule has 4 nitrogen and oxygen atoms in total. The van der Waals surface area contributed by atoms with Crippen LogP contribution in [0.1, 0.15) is 43.0 Å². The van der Waals surface area contributed by atoms with Crippen molar-refractivity contribution in [1.82, 2.24) is 14.9 Å². The minimum atomic E-state index is 0.0942. The van der Waals surface area contributed by atoms with Gasteiger partial charge in [-0.25, -0.2) is 9.97 Å². The van der Waals surface area contributed by atoms with Gasteiger partial charge in [0.1, 0.15) is 5.52 Å². The Morgan fingerprint density at radius 3 is 2.58 bits per heavy atom. The highest BCUT2D eigenvalue weighted by Gasteiger charge is 2.27. The molecule has 0 bridgehead atoms. The van der Waals surface area contributed by atoms with E-state index in [0.717, 1.165) is 42.4 Å². The quantitative estimate of drug-likeness (QED) is 0.665. The molecule has 1 saturated heterocycles. The number of nitrogens with zero attached hydrogens (tertiary/aromatic N) is 3. The third-order valence-electron chi connectivity index (χ3n) is 4.96. The lowest BCUT2D eigenvalue weighted by Crippen LogP contribution is -2.43. The number of fused-ring (bicyclic) bond motifs is 2. The molecule has 122 valence electrons. The first-order valence-corrected chi connectivity index (χ1v) is 8.74. The van der Waals surface area contributed by atoms with Gasteiger partial charge < -0.3 is 4.90 Å². The smallest absolute Gasteiger partial charge is 0.256 e. The van der Waals surface area contributed by atoms with Gasteiger partial charge in [0.25, 0.3) is 5.91 Å². The SMILES string of the molecule is CC[C@@H]1CCCCN1C(=O)c1cccc2nc3ccccc3nc12. The summed E-state index contributed by atoms with van der Waals surface area (Å²) in [5.74, 6) is 0.0942. The van der Waals surface area contributed by atoms with Gasteiger partial charge in [-0.3, -0.25) is 4.79 Å². The van der Waals surface area contributed by atoms with Gasteiger partial charge >= 0.3 is 0 Å². The molecule has 24 heavy (non-hydrogen) atoms. The summed E-state index contributed by atoms with van der Waals surface area (Å²) in [4.78, 5) is 24.6. The maximum absolute atomic E-state index is 13.2. The van der Waals surface area contributed by atoms with Gasteiger partial charge in [0, 0.05) is 12.6 Å². The van der Waals surface area contributed by atoms with Crippen molar-refractivity contribution in [3.8, 4) is 0 Å². The van der Waals surface area contributed by atoms with Crippen molar-refractivity contribution >= 4 is 28.0 Å². The van der Waals surface area contributed by atoms with E-state index >= 15 is 0 Å². The zero-order valence-electron chi connectivity index (χ0n) is 13.9. The molecule has 1 aliphatic heterocycles. The van der Waals surface area contributed by atoms with E-state index in [1.807, 2.05) is 47.4 Å². The number of para-hydroxylation sites is 3. The Morgan fingerprint density at radius 2 is 1.79 bits per heavy atom. The van der Waals surface area contributed by atoms with Gasteiger partial charge in [0.05, 0.1) is 22.1 Å². The van der Waals surface area contributed by atoms with Crippen LogP contribution in [0.2, 0.25) is 0 Å². The summed E-state index contributed by atoms with van der Waals surface area (Å²) in [6.07, 6.45) is 4.40. The van der Waals surface area contributed by atoms with Crippen LogP contribution in [0.4, 0.5) is 0 Å². The molecule has 1 amide bonds. The molecule has 2 aromatic carbocycles. The highest BCUT2D eigenvalue weighted by atomic mass is 16.2. The van der Waals surface area contributed by atoms with E-state index < -0.39 is 0 Å². The number of hydrogen-bond donors (Lipinski definition) is 0. The van der Waals surface area contributed by atoms with Crippen LogP contribution in [0.3, 0.4) is 0 Å². The van der Waals surface area contributed by atoms with E-state index in [-0.39, 0.29) is 5.91 Å². The van der Waals surface area contributed by atoms with E-state index in [1.165, 1.54) is 6.42 Å². The van der Waals surface area contributed by atoms with E-state index in [1.54, 1.807) is 0 Å². The average Bonchev–Trinajstić information content (AvgIpc) is 2.65. The fraction of sp³-hybridized carbons (Fsp3) is 0.350. The molecule has 3 aromatic rings. The number of rotatable bonds is 2. The molecular weight excluding hydrogens is 298 g/mol. The summed E-state index contributed by atoms with van der Waals surface area (Å²) in [7, 11) is 0. The van der Waals surface area contributed by atoms with E-state index in [0.29, 0.717) is 17.1 Å². The summed E-state index contributed by atoms with van der Waals surface area (Å²) >= 11 is 0. The lowest BCUT2D eigenvalue weighted by molar-refractivity contribution is 0.0610. The van der Waals surface area contributed by atoms with E-state index in [4.69, 9.17) is 4.98 Å². The molecule has 0 radical (unpaired) electrons. The van der Waals surface area contributed by atoms with Crippen LogP contribution in [0.15, 0.2) is 42.5 Å². The predicted molar refractivity (Wildman–Crippen MR) is 96.0 cm³/mol. The molecular formula is C20H21N3O. The minimum Gasteiger partial charge on any atom is -0.336 e. The third kappa shape index (κ3) is 2.52. The normalized spacial score (nSPS) is 18.2. The molecule has 0 N–H and O–H groups in total. The predicted octanol–water partition coefficient (Wildman–Crippen LogP) is 4.19. The maximum atomic E-state index is 13.2. The number of carbonyl (C=O) groups is 1. The molecule has 0 aliphatic carbocycles. The number of aromatic nitrogens is 2. The molecule has 1 aromatic heterocycles. The monoisotopic (exact) mass is 319 g/mol. The van der Waals surface area contributed by atoms with Crippen LogP contribution in [-0.4, -0.2) is 33.4 Å². The third-order valence-corrected chi connectivity index (χ3v) is 4.96. The second kappa shape index (κ2) is 6.19. The zero-order chi connectivity index (χ0) is 16.5. The van der Waals surface area contributed by atoms with E-state index in [2.05, 4.69) is 11.9 Å². The number of carbonyl (C=O) groups excluding carboxylic acids is 1. The van der Waals surface area contributed by atoms with Crippen LogP contribution < -0.4 is 0 Å². The summed E-state index contributed by atoms with van der Waals surface area (Å²) < 4.78 is 0. The molecule has 1 atom stereocenters. The van der Waals surface area contributed by atoms with Gasteiger partial charge in [0.2, 0.25) is 0 Å². The average molecular weight is 319 g/mol. The fourth-order valence-electron chi connectivity index (χ4n) is 3.66. The van der Waals surface area contributed by atoms with Crippen molar-refractivity contribution in [3.05, 3.63) is 48.0 Å². The van der Waals surface area contributed by atoms with Crippen LogP contribution in [0.25, 0.3) is 22.1 Å². The van der Waals surface area contributed by atoms with Gasteiger partial charge in [-0.2, -0.15) is 0 Å². The summed E-state index contributed by atoms with van der Waals surface area (Å²) in [6, 6.07) is 13.9. The Labute approximate surface area is 141 Å². The standard InChI is InChI=1S/C20H21N3O/c1-2-14-8-5-6-13-23(14)20(24)15-9-7-12-18-19(15)22-17-11-4-3-10-16(17)21-18/h3-4,7,9-12,14H,2,5-6,8,13H2,1H3/t14-/m1/s1. The largest absolute Gasteiger partial charge is 0.336 e. The Morgan fingerprint density at radius 1 is 1.04 bits per heavy atom. The van der Waals surface area contributed by atoms with Crippen LogP contribution in [-0.2, 0) is 0 Å². The second-order valence-corrected chi connectivity index (χ2v) is 6.44. The van der Waals surface area contributed by atoms with Crippen LogP contribution in [0, 0.1) is 0 Å². The highest BCUT2D eigenvalue weighted by Crippen LogP contribution is 2.25. The van der Waals surface area contributed by atoms with E-state index in [9.17, 15) is 4.79 Å². The molecule has 0 unspecified atom stereocenters. The molecule has 4 rings (SSSR count). The van der Waals surface area contributed by atoms with Gasteiger partial charge in [0.15, 0.2) is 0 Å². The van der Waals surface area contributed by atoms with Crippen LogP contribution >= 0.6 is 0 Å². The number of piperidine rings is 1. The Balaban J connectivity index is 1.83. The maximum Gasteiger partial charge on any atom is 0.256 e. The van der Waals surface area contributed by atoms with Gasteiger partial charge in [-0.15, -0.1) is 0 Å². The van der Waals surface area contributed by atoms with Crippen molar-refractivity contribution in [3.63, 3.8) is 0 Å². The minimum absolute atomic E-state index is 0.0942. The zero-order valence-corrected chi connectivity index (χ0v) is 13.9. The van der Waals surface area contributed by atoms with Gasteiger partial charge in [-0.1, -0.05) is 25.1 Å². The lowest BCUT2D eigenvalue weighted by Gasteiger charge is -2.35. The number of benzene rings is 2. The van der Waals surface area contributed by atoms with Crippen molar-refractivity contribution in [2.45, 2.75) is 38.6 Å². The van der Waals surface area contributed by atoms with Crippen LogP contribution in [0.5, 0.6) is 0 Å². The Bertz CT molecular complexity index is 906. The highest BCUT2D eigenvalue weighted by molar-refractivity contribution is 6.06. The van der Waals surface area contributed by atoms with Crippen molar-refractivity contribution in [1.29, 1.82) is 0 Å². The lowest BCUT2D eigenvalue weighted by atomic mass is 9.98. The number of amides is 1. The Hall–Kier alpha value is -2.49.